The van der Waals surface area contributed by atoms with E-state index in [1.165, 1.54) is 49.4 Å². The van der Waals surface area contributed by atoms with E-state index in [2.05, 4.69) is 5.32 Å². The van der Waals surface area contributed by atoms with E-state index >= 15 is 0 Å². The highest BCUT2D eigenvalue weighted by Crippen LogP contribution is 2.31. The van der Waals surface area contributed by atoms with Crippen LogP contribution in [0.5, 0.6) is 0 Å². The zero-order chi connectivity index (χ0) is 19.8. The van der Waals surface area contributed by atoms with Crippen LogP contribution in [-0.2, 0) is 21.4 Å². The summed E-state index contributed by atoms with van der Waals surface area (Å²) in [5, 5.41) is 2.75. The standard InChI is InChI=1S/C18H16ClFN2O4S/c1-11-10-27(25,26)22(18(11)24)14-6-7-16(19)15(8-14)17(23)21-9-12-2-4-13(20)5-3-12/h2-8,11H,9-10H2,1H3,(H,21,23). The molecule has 1 saturated heterocycles. The summed E-state index contributed by atoms with van der Waals surface area (Å²) in [6.45, 7) is 1.67. The van der Waals surface area contributed by atoms with Crippen molar-refractivity contribution in [1.82, 2.24) is 5.32 Å². The maximum Gasteiger partial charge on any atom is 0.253 e. The first kappa shape index (κ1) is 19.3. The van der Waals surface area contributed by atoms with Gasteiger partial charge in [-0.2, -0.15) is 0 Å². The van der Waals surface area contributed by atoms with Crippen LogP contribution in [0.3, 0.4) is 0 Å². The monoisotopic (exact) mass is 410 g/mol. The minimum Gasteiger partial charge on any atom is -0.348 e. The van der Waals surface area contributed by atoms with Crippen LogP contribution >= 0.6 is 11.6 Å². The average Bonchev–Trinajstić information content (AvgIpc) is 2.82. The molecule has 1 heterocycles. The molecule has 0 aliphatic carbocycles. The molecule has 9 heteroatoms. The molecule has 1 aliphatic rings. The number of nitrogens with zero attached hydrogens (tertiary/aromatic N) is 1. The lowest BCUT2D eigenvalue weighted by atomic mass is 10.1. The summed E-state index contributed by atoms with van der Waals surface area (Å²) >= 11 is 6.07. The van der Waals surface area contributed by atoms with Crippen LogP contribution in [0.25, 0.3) is 0 Å². The highest BCUT2D eigenvalue weighted by molar-refractivity contribution is 7.94. The van der Waals surface area contributed by atoms with Gasteiger partial charge in [-0.3, -0.25) is 9.59 Å². The van der Waals surface area contributed by atoms with Gasteiger partial charge in [0.05, 0.1) is 27.9 Å². The summed E-state index contributed by atoms with van der Waals surface area (Å²) in [5.74, 6) is -2.40. The number of hydrogen-bond donors (Lipinski definition) is 1. The van der Waals surface area contributed by atoms with Crippen LogP contribution in [0.2, 0.25) is 5.02 Å². The van der Waals surface area contributed by atoms with E-state index in [9.17, 15) is 22.4 Å². The number of nitrogens with one attached hydrogen (secondary N) is 1. The molecule has 0 saturated carbocycles. The summed E-state index contributed by atoms with van der Waals surface area (Å²) in [4.78, 5) is 24.7. The van der Waals surface area contributed by atoms with Crippen molar-refractivity contribution in [3.05, 3.63) is 64.4 Å². The van der Waals surface area contributed by atoms with E-state index in [1.807, 2.05) is 0 Å². The summed E-state index contributed by atoms with van der Waals surface area (Å²) in [6, 6.07) is 9.65. The normalized spacial score (nSPS) is 18.6. The molecule has 0 aromatic heterocycles. The molecule has 2 aromatic rings. The fourth-order valence-corrected chi connectivity index (χ4v) is 4.80. The second-order valence-corrected chi connectivity index (χ2v) is 8.53. The Kier molecular flexibility index (Phi) is 5.21. The van der Waals surface area contributed by atoms with E-state index in [-0.39, 0.29) is 34.4 Å². The Balaban J connectivity index is 1.84. The quantitative estimate of drug-likeness (QED) is 0.840. The van der Waals surface area contributed by atoms with Gasteiger partial charge in [0.15, 0.2) is 0 Å². The Morgan fingerprint density at radius 3 is 2.52 bits per heavy atom. The first-order chi connectivity index (χ1) is 12.7. The van der Waals surface area contributed by atoms with E-state index in [0.29, 0.717) is 9.87 Å². The number of benzene rings is 2. The van der Waals surface area contributed by atoms with Crippen LogP contribution in [0.1, 0.15) is 22.8 Å². The molecular weight excluding hydrogens is 395 g/mol. The van der Waals surface area contributed by atoms with Crippen LogP contribution in [0.4, 0.5) is 10.1 Å². The fraction of sp³-hybridized carbons (Fsp3) is 0.222. The maximum absolute atomic E-state index is 12.9. The number of halogens is 2. The van der Waals surface area contributed by atoms with Gasteiger partial charge in [0.1, 0.15) is 5.82 Å². The van der Waals surface area contributed by atoms with Gasteiger partial charge in [-0.15, -0.1) is 0 Å². The number of carbonyl (C=O) groups is 2. The van der Waals surface area contributed by atoms with Crippen molar-refractivity contribution < 1.29 is 22.4 Å². The van der Waals surface area contributed by atoms with Crippen LogP contribution in [-0.4, -0.2) is 26.0 Å². The van der Waals surface area contributed by atoms with E-state index in [4.69, 9.17) is 11.6 Å². The number of amides is 2. The molecule has 1 atom stereocenters. The van der Waals surface area contributed by atoms with Gasteiger partial charge < -0.3 is 5.32 Å². The first-order valence-corrected chi connectivity index (χ1v) is 10.1. The summed E-state index contributed by atoms with van der Waals surface area (Å²) in [7, 11) is -3.78. The van der Waals surface area contributed by atoms with Crippen molar-refractivity contribution in [2.45, 2.75) is 13.5 Å². The minimum atomic E-state index is -3.78. The number of hydrogen-bond acceptors (Lipinski definition) is 4. The number of rotatable bonds is 4. The maximum atomic E-state index is 12.9. The van der Waals surface area contributed by atoms with Crippen LogP contribution in [0, 0.1) is 11.7 Å². The average molecular weight is 411 g/mol. The van der Waals surface area contributed by atoms with Crippen molar-refractivity contribution in [3.8, 4) is 0 Å². The lowest BCUT2D eigenvalue weighted by Crippen LogP contribution is -2.31. The zero-order valence-electron chi connectivity index (χ0n) is 14.3. The zero-order valence-corrected chi connectivity index (χ0v) is 15.8. The highest BCUT2D eigenvalue weighted by Gasteiger charge is 2.42. The van der Waals surface area contributed by atoms with Gasteiger partial charge in [-0.25, -0.2) is 17.1 Å². The Bertz CT molecular complexity index is 1010. The summed E-state index contributed by atoms with van der Waals surface area (Å²) in [5.41, 5.74) is 0.794. The van der Waals surface area contributed by atoms with E-state index < -0.39 is 27.8 Å². The molecular formula is C18H16ClFN2O4S. The SMILES string of the molecule is CC1CS(=O)(=O)N(c2ccc(Cl)c(C(=O)NCc3ccc(F)cc3)c2)C1=O. The van der Waals surface area contributed by atoms with Crippen molar-refractivity contribution in [2.75, 3.05) is 10.1 Å². The molecule has 6 nitrogen and oxygen atoms in total. The van der Waals surface area contributed by atoms with Crippen molar-refractivity contribution in [1.29, 1.82) is 0 Å². The van der Waals surface area contributed by atoms with E-state index in [0.717, 1.165) is 0 Å². The van der Waals surface area contributed by atoms with Gasteiger partial charge in [0.2, 0.25) is 15.9 Å². The third kappa shape index (κ3) is 3.96. The fourth-order valence-electron chi connectivity index (χ4n) is 2.78. The topological polar surface area (TPSA) is 83.6 Å². The van der Waals surface area contributed by atoms with Crippen molar-refractivity contribution in [3.63, 3.8) is 0 Å². The molecule has 1 fully saturated rings. The molecule has 0 radical (unpaired) electrons. The summed E-state index contributed by atoms with van der Waals surface area (Å²) in [6.07, 6.45) is 0. The van der Waals surface area contributed by atoms with Crippen molar-refractivity contribution in [2.24, 2.45) is 5.92 Å². The van der Waals surface area contributed by atoms with Gasteiger partial charge in [0, 0.05) is 6.54 Å². The first-order valence-electron chi connectivity index (χ1n) is 8.08. The van der Waals surface area contributed by atoms with Crippen LogP contribution in [0.15, 0.2) is 42.5 Å². The molecule has 3 rings (SSSR count). The Labute approximate surface area is 161 Å². The largest absolute Gasteiger partial charge is 0.348 e. The predicted octanol–water partition coefficient (Wildman–Crippen LogP) is 2.72. The molecule has 27 heavy (non-hydrogen) atoms. The van der Waals surface area contributed by atoms with Gasteiger partial charge in [-0.05, 0) is 35.9 Å². The minimum absolute atomic E-state index is 0.0406. The van der Waals surface area contributed by atoms with Crippen molar-refractivity contribution >= 4 is 39.1 Å². The third-order valence-corrected chi connectivity index (χ3v) is 6.35. The Hall–Kier alpha value is -2.45. The van der Waals surface area contributed by atoms with Gasteiger partial charge >= 0.3 is 0 Å². The summed E-state index contributed by atoms with van der Waals surface area (Å²) < 4.78 is 38.1. The van der Waals surface area contributed by atoms with Gasteiger partial charge in [-0.1, -0.05) is 30.7 Å². The highest BCUT2D eigenvalue weighted by atomic mass is 35.5. The second-order valence-electron chi connectivity index (χ2n) is 6.26. The smallest absolute Gasteiger partial charge is 0.253 e. The third-order valence-electron chi connectivity index (χ3n) is 4.16. The van der Waals surface area contributed by atoms with Crippen LogP contribution < -0.4 is 9.62 Å². The Morgan fingerprint density at radius 2 is 1.93 bits per heavy atom. The molecule has 1 N–H and O–H groups in total. The molecule has 1 unspecified atom stereocenters. The van der Waals surface area contributed by atoms with Gasteiger partial charge in [0.25, 0.3) is 5.91 Å². The molecule has 0 spiro atoms. The predicted molar refractivity (Wildman–Crippen MR) is 99.5 cm³/mol. The molecule has 1 aliphatic heterocycles. The lowest BCUT2D eigenvalue weighted by molar-refractivity contribution is -0.119. The molecule has 0 bridgehead atoms. The number of carbonyl (C=O) groups excluding carboxylic acids is 2. The number of sulfonamides is 1. The molecule has 142 valence electrons. The lowest BCUT2D eigenvalue weighted by Gasteiger charge is -2.17. The molecule has 2 amide bonds. The number of anilines is 1. The molecule has 2 aromatic carbocycles. The van der Waals surface area contributed by atoms with E-state index in [1.54, 1.807) is 0 Å². The Morgan fingerprint density at radius 1 is 1.26 bits per heavy atom. The second kappa shape index (κ2) is 7.28.